The third-order valence-corrected chi connectivity index (χ3v) is 8.49. The van der Waals surface area contributed by atoms with Gasteiger partial charge in [0.2, 0.25) is 0 Å². The Labute approximate surface area is 236 Å². The van der Waals surface area contributed by atoms with Gasteiger partial charge in [-0.2, -0.15) is 0 Å². The summed E-state index contributed by atoms with van der Waals surface area (Å²) in [5.41, 5.74) is 0.866. The average Bonchev–Trinajstić information content (AvgIpc) is 2.96. The zero-order valence-corrected chi connectivity index (χ0v) is 23.9. The Hall–Kier alpha value is -2.54. The molecule has 2 aromatic carbocycles. The minimum atomic E-state index is -0.749. The van der Waals surface area contributed by atoms with Crippen molar-refractivity contribution in [2.24, 2.45) is 5.92 Å². The Morgan fingerprint density at radius 2 is 1.35 bits per heavy atom. The van der Waals surface area contributed by atoms with Gasteiger partial charge in [0.15, 0.2) is 23.2 Å². The summed E-state index contributed by atoms with van der Waals surface area (Å²) >= 11 is 0. The molecule has 40 heavy (non-hydrogen) atoms. The van der Waals surface area contributed by atoms with E-state index in [1.54, 1.807) is 12.1 Å². The molecule has 0 N–H and O–H groups in total. The molecule has 0 aliphatic heterocycles. The molecule has 4 rings (SSSR count). The number of carbonyl (C=O) groups excluding carboxylic acids is 1. The molecule has 2 aromatic rings. The van der Waals surface area contributed by atoms with E-state index in [1.807, 2.05) is 6.92 Å². The number of halogens is 3. The number of hydrogen-bond acceptors (Lipinski definition) is 4. The molecule has 0 heterocycles. The van der Waals surface area contributed by atoms with Gasteiger partial charge in [-0.3, -0.25) is 4.79 Å². The first-order valence-corrected chi connectivity index (χ1v) is 15.1. The van der Waals surface area contributed by atoms with Crippen LogP contribution in [0.5, 0.6) is 11.5 Å². The average molecular weight is 561 g/mol. The van der Waals surface area contributed by atoms with E-state index in [0.717, 1.165) is 64.0 Å². The van der Waals surface area contributed by atoms with Crippen molar-refractivity contribution < 1.29 is 32.2 Å². The van der Waals surface area contributed by atoms with Gasteiger partial charge in [-0.05, 0) is 99.3 Å². The fourth-order valence-electron chi connectivity index (χ4n) is 5.97. The van der Waals surface area contributed by atoms with Crippen LogP contribution < -0.4 is 9.47 Å². The van der Waals surface area contributed by atoms with Crippen LogP contribution >= 0.6 is 0 Å². The summed E-state index contributed by atoms with van der Waals surface area (Å²) < 4.78 is 61.6. The first-order chi connectivity index (χ1) is 19.4. The van der Waals surface area contributed by atoms with Crippen molar-refractivity contribution in [2.45, 2.75) is 109 Å². The number of esters is 1. The van der Waals surface area contributed by atoms with Crippen molar-refractivity contribution in [1.29, 1.82) is 0 Å². The monoisotopic (exact) mass is 560 g/mol. The van der Waals surface area contributed by atoms with Crippen molar-refractivity contribution in [1.82, 2.24) is 0 Å². The van der Waals surface area contributed by atoms with E-state index < -0.39 is 23.4 Å². The van der Waals surface area contributed by atoms with Crippen molar-refractivity contribution >= 4 is 5.97 Å². The molecule has 2 aliphatic rings. The highest BCUT2D eigenvalue weighted by Crippen LogP contribution is 2.41. The van der Waals surface area contributed by atoms with E-state index in [0.29, 0.717) is 43.4 Å². The summed E-state index contributed by atoms with van der Waals surface area (Å²) in [5.74, 6) is -2.68. The van der Waals surface area contributed by atoms with Gasteiger partial charge in [0.1, 0.15) is 5.75 Å². The summed E-state index contributed by atoms with van der Waals surface area (Å²) in [5, 5.41) is 0. The maximum absolute atomic E-state index is 15.3. The van der Waals surface area contributed by atoms with E-state index in [1.165, 1.54) is 12.1 Å². The molecule has 0 saturated heterocycles. The lowest BCUT2D eigenvalue weighted by atomic mass is 9.77. The molecule has 220 valence electrons. The highest BCUT2D eigenvalue weighted by atomic mass is 19.2. The predicted octanol–water partition coefficient (Wildman–Crippen LogP) is 9.01. The highest BCUT2D eigenvalue weighted by Gasteiger charge is 2.32. The van der Waals surface area contributed by atoms with Gasteiger partial charge >= 0.3 is 5.97 Å². The second-order valence-electron chi connectivity index (χ2n) is 11.3. The van der Waals surface area contributed by atoms with Crippen molar-refractivity contribution in [3.63, 3.8) is 0 Å². The first kappa shape index (κ1) is 30.4. The van der Waals surface area contributed by atoms with Gasteiger partial charge in [-0.1, -0.05) is 38.8 Å². The molecule has 2 saturated carbocycles. The molecule has 0 spiro atoms. The van der Waals surface area contributed by atoms with E-state index in [9.17, 15) is 9.18 Å². The zero-order chi connectivity index (χ0) is 28.5. The Morgan fingerprint density at radius 3 is 1.93 bits per heavy atom. The molecule has 0 aromatic heterocycles. The van der Waals surface area contributed by atoms with Gasteiger partial charge in [-0.15, -0.1) is 0 Å². The van der Waals surface area contributed by atoms with Crippen LogP contribution in [0.1, 0.15) is 114 Å². The Morgan fingerprint density at radius 1 is 0.775 bits per heavy atom. The Bertz CT molecular complexity index is 1110. The third kappa shape index (κ3) is 7.80. The van der Waals surface area contributed by atoms with Crippen LogP contribution in [0.25, 0.3) is 0 Å². The fraction of sp³-hybridized carbons (Fsp3) is 0.606. The lowest BCUT2D eigenvalue weighted by molar-refractivity contribution is -0.140. The molecule has 0 bridgehead atoms. The van der Waals surface area contributed by atoms with Gasteiger partial charge in [0.25, 0.3) is 0 Å². The first-order valence-electron chi connectivity index (χ1n) is 15.1. The molecule has 2 fully saturated rings. The molecule has 4 nitrogen and oxygen atoms in total. The summed E-state index contributed by atoms with van der Waals surface area (Å²) in [4.78, 5) is 12.7. The number of rotatable bonds is 12. The van der Waals surface area contributed by atoms with Gasteiger partial charge in [0.05, 0.1) is 18.6 Å². The summed E-state index contributed by atoms with van der Waals surface area (Å²) in [6, 6.07) is 7.67. The van der Waals surface area contributed by atoms with Crippen LogP contribution in [-0.2, 0) is 9.53 Å². The van der Waals surface area contributed by atoms with E-state index in [2.05, 4.69) is 6.92 Å². The zero-order valence-electron chi connectivity index (χ0n) is 23.9. The number of unbranched alkanes of at least 4 members (excludes halogenated alkanes) is 2. The normalized spacial score (nSPS) is 23.1. The fourth-order valence-corrected chi connectivity index (χ4v) is 5.97. The molecule has 0 radical (unpaired) electrons. The summed E-state index contributed by atoms with van der Waals surface area (Å²) in [6.45, 7) is 5.36. The topological polar surface area (TPSA) is 44.8 Å². The van der Waals surface area contributed by atoms with Crippen LogP contribution in [0.4, 0.5) is 13.2 Å². The Balaban J connectivity index is 1.28. The van der Waals surface area contributed by atoms with Gasteiger partial charge in [0, 0.05) is 12.7 Å². The molecule has 2 aliphatic carbocycles. The number of ether oxygens (including phenoxy) is 3. The van der Waals surface area contributed by atoms with Crippen molar-refractivity contribution in [3.05, 3.63) is 58.9 Å². The van der Waals surface area contributed by atoms with Crippen LogP contribution in [-0.4, -0.2) is 25.3 Å². The van der Waals surface area contributed by atoms with Gasteiger partial charge < -0.3 is 14.2 Å². The maximum atomic E-state index is 15.3. The molecule has 0 atom stereocenters. The molecule has 0 amide bonds. The smallest absolute Gasteiger partial charge is 0.314 e. The number of hydrogen-bond donors (Lipinski definition) is 0. The standard InChI is InChI=1S/C33H43F3O4/c1-3-5-19-38-25-13-11-23(12-14-25)28-17-16-27(31(35)32(28)36)22-7-9-24(10-8-22)33(37)40-26-15-18-30(29(34)21-26)39-20-6-4-2/h15-18,21-25H,3-14,19-20H2,1-2H3. The van der Waals surface area contributed by atoms with Crippen LogP contribution in [0, 0.1) is 23.4 Å². The van der Waals surface area contributed by atoms with Crippen molar-refractivity contribution in [2.75, 3.05) is 13.2 Å². The largest absolute Gasteiger partial charge is 0.491 e. The lowest BCUT2D eigenvalue weighted by Gasteiger charge is -2.30. The second kappa shape index (κ2) is 14.9. The number of carbonyl (C=O) groups is 1. The SMILES string of the molecule is CCCCOc1ccc(OC(=O)C2CCC(c3ccc(C4CCC(OCCCC)CC4)c(F)c3F)CC2)cc1F. The van der Waals surface area contributed by atoms with Crippen LogP contribution in [0.3, 0.4) is 0 Å². The van der Waals surface area contributed by atoms with E-state index in [-0.39, 0.29) is 35.4 Å². The van der Waals surface area contributed by atoms with E-state index in [4.69, 9.17) is 14.2 Å². The Kier molecular flexibility index (Phi) is 11.3. The quantitative estimate of drug-likeness (QED) is 0.148. The molecular formula is C33H43F3O4. The van der Waals surface area contributed by atoms with Crippen LogP contribution in [0.2, 0.25) is 0 Å². The van der Waals surface area contributed by atoms with E-state index >= 15 is 8.78 Å². The van der Waals surface area contributed by atoms with Crippen LogP contribution in [0.15, 0.2) is 30.3 Å². The lowest BCUT2D eigenvalue weighted by Crippen LogP contribution is -2.25. The maximum Gasteiger partial charge on any atom is 0.314 e. The third-order valence-electron chi connectivity index (χ3n) is 8.49. The minimum Gasteiger partial charge on any atom is -0.491 e. The molecule has 7 heteroatoms. The molecular weight excluding hydrogens is 517 g/mol. The van der Waals surface area contributed by atoms with Crippen molar-refractivity contribution in [3.8, 4) is 11.5 Å². The highest BCUT2D eigenvalue weighted by molar-refractivity contribution is 5.75. The minimum absolute atomic E-state index is 0.0156. The number of benzene rings is 2. The second-order valence-corrected chi connectivity index (χ2v) is 11.3. The predicted molar refractivity (Wildman–Crippen MR) is 149 cm³/mol. The summed E-state index contributed by atoms with van der Waals surface area (Å²) in [6.07, 6.45) is 9.65. The van der Waals surface area contributed by atoms with Gasteiger partial charge in [-0.25, -0.2) is 13.2 Å². The molecule has 0 unspecified atom stereocenters. The summed E-state index contributed by atoms with van der Waals surface area (Å²) in [7, 11) is 0.